The molecule has 6 nitrogen and oxygen atoms in total. The smallest absolute Gasteiger partial charge is 0.255 e. The first-order valence-electron chi connectivity index (χ1n) is 9.41. The predicted molar refractivity (Wildman–Crippen MR) is 121 cm³/mol. The third kappa shape index (κ3) is 4.10. The van der Waals surface area contributed by atoms with Gasteiger partial charge in [-0.3, -0.25) is 9.48 Å². The number of carbonyl (C=O) groups excluding carboxylic acids is 1. The van der Waals surface area contributed by atoms with Crippen molar-refractivity contribution in [1.29, 1.82) is 0 Å². The first kappa shape index (κ1) is 23.1. The third-order valence-corrected chi connectivity index (χ3v) is 5.56. The second-order valence-electron chi connectivity index (χ2n) is 7.31. The summed E-state index contributed by atoms with van der Waals surface area (Å²) in [5.74, 6) is 0.0523. The van der Waals surface area contributed by atoms with Gasteiger partial charge in [-0.1, -0.05) is 30.3 Å². The molecule has 1 fully saturated rings. The lowest BCUT2D eigenvalue weighted by atomic mass is 10.0. The average molecular weight is 436 g/mol. The van der Waals surface area contributed by atoms with Gasteiger partial charge >= 0.3 is 0 Å². The molecule has 1 aromatic carbocycles. The lowest BCUT2D eigenvalue weighted by molar-refractivity contribution is 0.0605. The van der Waals surface area contributed by atoms with Crippen LogP contribution in [-0.4, -0.2) is 50.7 Å². The summed E-state index contributed by atoms with van der Waals surface area (Å²) in [6, 6.07) is 12.3. The van der Waals surface area contributed by atoms with Crippen LogP contribution in [0, 0.1) is 6.92 Å². The van der Waals surface area contributed by atoms with Crippen molar-refractivity contribution in [1.82, 2.24) is 25.0 Å². The normalized spacial score (nSPS) is 18.8. The highest BCUT2D eigenvalue weighted by atomic mass is 35.5. The van der Waals surface area contributed by atoms with Crippen molar-refractivity contribution in [3.8, 4) is 11.3 Å². The number of pyridine rings is 1. The molecule has 1 aliphatic rings. The van der Waals surface area contributed by atoms with Gasteiger partial charge in [0.15, 0.2) is 5.65 Å². The van der Waals surface area contributed by atoms with Gasteiger partial charge < -0.3 is 10.2 Å². The zero-order valence-electron chi connectivity index (χ0n) is 17.0. The number of nitrogens with one attached hydrogen (secondary N) is 1. The average Bonchev–Trinajstić information content (AvgIpc) is 2.97. The summed E-state index contributed by atoms with van der Waals surface area (Å²) >= 11 is 0. The molecule has 3 aromatic rings. The molecule has 1 aliphatic heterocycles. The van der Waals surface area contributed by atoms with Gasteiger partial charge in [0.2, 0.25) is 0 Å². The lowest BCUT2D eigenvalue weighted by Gasteiger charge is -2.38. The molecule has 3 heterocycles. The Kier molecular flexibility index (Phi) is 7.27. The van der Waals surface area contributed by atoms with Crippen LogP contribution in [0.3, 0.4) is 0 Å². The van der Waals surface area contributed by atoms with E-state index in [9.17, 15) is 4.79 Å². The number of rotatable bonds is 2. The predicted octanol–water partition coefficient (Wildman–Crippen LogP) is 3.61. The molecule has 2 aromatic heterocycles. The van der Waals surface area contributed by atoms with Crippen LogP contribution in [0.25, 0.3) is 22.3 Å². The second kappa shape index (κ2) is 9.11. The molecule has 156 valence electrons. The molecule has 0 bridgehead atoms. The molecular formula is C21H27Cl2N5O. The number of nitrogens with zero attached hydrogens (tertiary/aromatic N) is 4. The molecule has 0 saturated carbocycles. The molecule has 1 N–H and O–H groups in total. The van der Waals surface area contributed by atoms with Crippen molar-refractivity contribution in [2.75, 3.05) is 13.1 Å². The maximum Gasteiger partial charge on any atom is 0.255 e. The first-order chi connectivity index (χ1) is 13.0. The molecule has 8 heteroatoms. The highest BCUT2D eigenvalue weighted by Gasteiger charge is 2.31. The van der Waals surface area contributed by atoms with Gasteiger partial charge in [-0.05, 0) is 26.8 Å². The van der Waals surface area contributed by atoms with Crippen molar-refractivity contribution < 1.29 is 4.79 Å². The molecule has 2 atom stereocenters. The molecule has 0 aliphatic carbocycles. The number of halogens is 2. The minimum Gasteiger partial charge on any atom is -0.333 e. The summed E-state index contributed by atoms with van der Waals surface area (Å²) in [6.07, 6.45) is 0. The monoisotopic (exact) mass is 435 g/mol. The Morgan fingerprint density at radius 2 is 1.86 bits per heavy atom. The highest BCUT2D eigenvalue weighted by Crippen LogP contribution is 2.28. The molecule has 0 spiro atoms. The van der Waals surface area contributed by atoms with Gasteiger partial charge in [0, 0.05) is 37.8 Å². The van der Waals surface area contributed by atoms with Gasteiger partial charge in [-0.2, -0.15) is 5.10 Å². The van der Waals surface area contributed by atoms with Gasteiger partial charge in [-0.25, -0.2) is 4.98 Å². The zero-order chi connectivity index (χ0) is 19.1. The van der Waals surface area contributed by atoms with Crippen LogP contribution in [0.1, 0.15) is 29.9 Å². The summed E-state index contributed by atoms with van der Waals surface area (Å²) < 4.78 is 1.76. The molecule has 29 heavy (non-hydrogen) atoms. The molecule has 1 amide bonds. The maximum atomic E-state index is 13.5. The summed E-state index contributed by atoms with van der Waals surface area (Å²) in [6.45, 7) is 7.67. The lowest BCUT2D eigenvalue weighted by Crippen LogP contribution is -2.57. The van der Waals surface area contributed by atoms with E-state index in [-0.39, 0.29) is 42.8 Å². The fourth-order valence-corrected chi connectivity index (χ4v) is 3.87. The Balaban J connectivity index is 0.00000150. The molecule has 1 saturated heterocycles. The number of amides is 1. The summed E-state index contributed by atoms with van der Waals surface area (Å²) in [4.78, 5) is 20.3. The topological polar surface area (TPSA) is 63.1 Å². The SMILES string of the molecule is Cc1nn(C)c2nc(-c3ccccc3)cc(C(=O)N3CCNC(C)C3C)c12.Cl.Cl. The van der Waals surface area contributed by atoms with E-state index >= 15 is 0 Å². The maximum absolute atomic E-state index is 13.5. The number of hydrogen-bond acceptors (Lipinski definition) is 4. The van der Waals surface area contributed by atoms with Crippen molar-refractivity contribution in [3.05, 3.63) is 47.7 Å². The Labute approximate surface area is 183 Å². The molecule has 4 rings (SSSR count). The molecule has 2 unspecified atom stereocenters. The highest BCUT2D eigenvalue weighted by molar-refractivity contribution is 6.07. The summed E-state index contributed by atoms with van der Waals surface area (Å²) in [5.41, 5.74) is 4.05. The van der Waals surface area contributed by atoms with Gasteiger partial charge in [0.1, 0.15) is 0 Å². The van der Waals surface area contributed by atoms with E-state index in [0.29, 0.717) is 12.1 Å². The van der Waals surface area contributed by atoms with E-state index in [1.54, 1.807) is 4.68 Å². The van der Waals surface area contributed by atoms with Crippen LogP contribution in [0.5, 0.6) is 0 Å². The number of fused-ring (bicyclic) bond motifs is 1. The number of benzene rings is 1. The fraction of sp³-hybridized carbons (Fsp3) is 0.381. The summed E-state index contributed by atoms with van der Waals surface area (Å²) in [7, 11) is 1.88. The van der Waals surface area contributed by atoms with Crippen LogP contribution >= 0.6 is 24.8 Å². The fourth-order valence-electron chi connectivity index (χ4n) is 3.87. The van der Waals surface area contributed by atoms with Crippen molar-refractivity contribution in [3.63, 3.8) is 0 Å². The number of piperazine rings is 1. The Morgan fingerprint density at radius 1 is 1.17 bits per heavy atom. The van der Waals surface area contributed by atoms with Gasteiger partial charge in [0.25, 0.3) is 5.91 Å². The van der Waals surface area contributed by atoms with Crippen molar-refractivity contribution in [2.24, 2.45) is 7.05 Å². The Morgan fingerprint density at radius 3 is 2.55 bits per heavy atom. The third-order valence-electron chi connectivity index (χ3n) is 5.56. The Bertz CT molecular complexity index is 1010. The number of aryl methyl sites for hydroxylation is 2. The van der Waals surface area contributed by atoms with Crippen LogP contribution in [0.4, 0.5) is 0 Å². The van der Waals surface area contributed by atoms with Crippen LogP contribution < -0.4 is 5.32 Å². The van der Waals surface area contributed by atoms with E-state index < -0.39 is 0 Å². The van der Waals surface area contributed by atoms with Crippen LogP contribution in [0.2, 0.25) is 0 Å². The van der Waals surface area contributed by atoms with Gasteiger partial charge in [0.05, 0.1) is 22.3 Å². The standard InChI is InChI=1S/C21H25N5O.2ClH/c1-13-15(3)26(11-10-22-13)21(27)17-12-18(16-8-6-5-7-9-16)23-20-19(17)14(2)24-25(20)4;;/h5-9,12-13,15,22H,10-11H2,1-4H3;2*1H. The van der Waals surface area contributed by atoms with E-state index in [1.165, 1.54) is 0 Å². The number of carbonyl (C=O) groups is 1. The van der Waals surface area contributed by atoms with E-state index in [0.717, 1.165) is 34.5 Å². The van der Waals surface area contributed by atoms with Crippen molar-refractivity contribution in [2.45, 2.75) is 32.9 Å². The van der Waals surface area contributed by atoms with E-state index in [2.05, 4.69) is 24.3 Å². The Hall–Kier alpha value is -2.15. The minimum absolute atomic E-state index is 0. The zero-order valence-corrected chi connectivity index (χ0v) is 18.7. The van der Waals surface area contributed by atoms with E-state index in [4.69, 9.17) is 4.98 Å². The largest absolute Gasteiger partial charge is 0.333 e. The second-order valence-corrected chi connectivity index (χ2v) is 7.31. The number of hydrogen-bond donors (Lipinski definition) is 1. The quantitative estimate of drug-likeness (QED) is 0.667. The first-order valence-corrected chi connectivity index (χ1v) is 9.41. The van der Waals surface area contributed by atoms with Crippen molar-refractivity contribution >= 4 is 41.8 Å². The molecule has 0 radical (unpaired) electrons. The van der Waals surface area contributed by atoms with Gasteiger partial charge in [-0.15, -0.1) is 24.8 Å². The van der Waals surface area contributed by atoms with E-state index in [1.807, 2.05) is 55.3 Å². The van der Waals surface area contributed by atoms with Crippen LogP contribution in [-0.2, 0) is 7.05 Å². The molecular weight excluding hydrogens is 409 g/mol. The van der Waals surface area contributed by atoms with Crippen LogP contribution in [0.15, 0.2) is 36.4 Å². The minimum atomic E-state index is 0. The number of aromatic nitrogens is 3. The summed E-state index contributed by atoms with van der Waals surface area (Å²) in [5, 5.41) is 8.80.